The third kappa shape index (κ3) is 4.65. The largest absolute Gasteiger partial charge is 0.395 e. The summed E-state index contributed by atoms with van der Waals surface area (Å²) in [6.07, 6.45) is 0. The summed E-state index contributed by atoms with van der Waals surface area (Å²) < 4.78 is 0. The van der Waals surface area contributed by atoms with Crippen molar-refractivity contribution in [3.8, 4) is 0 Å². The first-order valence-corrected chi connectivity index (χ1v) is 5.95. The molecule has 1 amide bonds. The molecule has 0 saturated carbocycles. The molecule has 0 aliphatic rings. The number of carbonyl (C=O) groups is 1. The lowest BCUT2D eigenvalue weighted by atomic mass is 10.2. The van der Waals surface area contributed by atoms with Crippen LogP contribution in [0, 0.1) is 10.1 Å². The fraction of sp³-hybridized carbons (Fsp3) is 0.417. The second-order valence-corrected chi connectivity index (χ2v) is 3.91. The minimum Gasteiger partial charge on any atom is -0.395 e. The minimum absolute atomic E-state index is 0.0351. The summed E-state index contributed by atoms with van der Waals surface area (Å²) in [5, 5.41) is 22.1. The molecular weight excluding hydrogens is 250 g/mol. The van der Waals surface area contributed by atoms with Gasteiger partial charge in [0.15, 0.2) is 0 Å². The van der Waals surface area contributed by atoms with Crippen LogP contribution in [0.3, 0.4) is 0 Å². The van der Waals surface area contributed by atoms with Crippen LogP contribution in [0.5, 0.6) is 0 Å². The number of nitrogens with zero attached hydrogens (tertiary/aromatic N) is 2. The Morgan fingerprint density at radius 2 is 2.16 bits per heavy atom. The molecule has 0 fully saturated rings. The Labute approximate surface area is 111 Å². The molecule has 0 aliphatic carbocycles. The summed E-state index contributed by atoms with van der Waals surface area (Å²) in [7, 11) is 0. The maximum Gasteiger partial charge on any atom is 0.292 e. The van der Waals surface area contributed by atoms with E-state index < -0.39 is 4.92 Å². The number of amides is 1. The van der Waals surface area contributed by atoms with Crippen molar-refractivity contribution in [1.29, 1.82) is 0 Å². The molecule has 2 N–H and O–H groups in total. The fourth-order valence-electron chi connectivity index (χ4n) is 1.62. The lowest BCUT2D eigenvalue weighted by Crippen LogP contribution is -2.35. The molecule has 1 aromatic rings. The molecule has 0 unspecified atom stereocenters. The molecule has 1 rings (SSSR count). The number of aliphatic hydroxyl groups excluding tert-OH is 1. The van der Waals surface area contributed by atoms with Gasteiger partial charge in [-0.15, -0.1) is 0 Å². The van der Waals surface area contributed by atoms with Crippen LogP contribution < -0.4 is 5.32 Å². The standard InChI is InChI=1S/C12H17N3O4/c1-2-14(7-8-16)9-12(17)13-10-5-3-4-6-11(10)15(18)19/h3-6,16H,2,7-9H2,1H3,(H,13,17). The smallest absolute Gasteiger partial charge is 0.292 e. The molecule has 19 heavy (non-hydrogen) atoms. The first-order valence-electron chi connectivity index (χ1n) is 5.95. The predicted octanol–water partition coefficient (Wildman–Crippen LogP) is 0.847. The lowest BCUT2D eigenvalue weighted by Gasteiger charge is -2.18. The van der Waals surface area contributed by atoms with Crippen LogP contribution in [0.4, 0.5) is 11.4 Å². The maximum atomic E-state index is 11.8. The fourth-order valence-corrected chi connectivity index (χ4v) is 1.62. The maximum absolute atomic E-state index is 11.8. The molecule has 7 nitrogen and oxygen atoms in total. The topological polar surface area (TPSA) is 95.7 Å². The molecular formula is C12H17N3O4. The van der Waals surface area contributed by atoms with Crippen LogP contribution in [-0.2, 0) is 4.79 Å². The van der Waals surface area contributed by atoms with Crippen molar-refractivity contribution in [2.24, 2.45) is 0 Å². The Morgan fingerprint density at radius 3 is 2.74 bits per heavy atom. The highest BCUT2D eigenvalue weighted by atomic mass is 16.6. The minimum atomic E-state index is -0.541. The zero-order valence-corrected chi connectivity index (χ0v) is 10.7. The Hall–Kier alpha value is -1.99. The number of rotatable bonds is 7. The van der Waals surface area contributed by atoms with E-state index >= 15 is 0 Å². The number of anilines is 1. The SMILES string of the molecule is CCN(CCO)CC(=O)Nc1ccccc1[N+](=O)[O-]. The molecule has 0 bridgehead atoms. The average molecular weight is 267 g/mol. The second-order valence-electron chi connectivity index (χ2n) is 3.91. The van der Waals surface area contributed by atoms with Gasteiger partial charge in [-0.3, -0.25) is 19.8 Å². The number of likely N-dealkylation sites (N-methyl/N-ethyl adjacent to an activating group) is 1. The van der Waals surface area contributed by atoms with Crippen molar-refractivity contribution in [2.75, 3.05) is 31.6 Å². The molecule has 0 radical (unpaired) electrons. The molecule has 0 aromatic heterocycles. The third-order valence-corrected chi connectivity index (χ3v) is 2.61. The van der Waals surface area contributed by atoms with Crippen LogP contribution in [0.25, 0.3) is 0 Å². The van der Waals surface area contributed by atoms with E-state index in [1.54, 1.807) is 11.0 Å². The van der Waals surface area contributed by atoms with Gasteiger partial charge >= 0.3 is 0 Å². The highest BCUT2D eigenvalue weighted by molar-refractivity contribution is 5.94. The highest BCUT2D eigenvalue weighted by Gasteiger charge is 2.15. The number of benzene rings is 1. The first-order chi connectivity index (χ1) is 9.08. The van der Waals surface area contributed by atoms with Crippen LogP contribution in [0.1, 0.15) is 6.92 Å². The monoisotopic (exact) mass is 267 g/mol. The summed E-state index contributed by atoms with van der Waals surface area (Å²) in [5.41, 5.74) is 0.0404. The van der Waals surface area contributed by atoms with Gasteiger partial charge in [-0.05, 0) is 12.6 Å². The highest BCUT2D eigenvalue weighted by Crippen LogP contribution is 2.22. The van der Waals surface area contributed by atoms with Crippen LogP contribution in [0.15, 0.2) is 24.3 Å². The summed E-state index contributed by atoms with van der Waals surface area (Å²) in [6.45, 7) is 2.93. The molecule has 0 aliphatic heterocycles. The van der Waals surface area contributed by atoms with Gasteiger partial charge in [0.25, 0.3) is 5.69 Å². The van der Waals surface area contributed by atoms with Gasteiger partial charge in [0.05, 0.1) is 18.1 Å². The predicted molar refractivity (Wildman–Crippen MR) is 70.9 cm³/mol. The first kappa shape index (κ1) is 15.1. The van der Waals surface area contributed by atoms with E-state index in [4.69, 9.17) is 5.11 Å². The second kappa shape index (κ2) is 7.45. The quantitative estimate of drug-likeness (QED) is 0.564. The molecule has 0 heterocycles. The number of nitro benzene ring substituents is 1. The van der Waals surface area contributed by atoms with Gasteiger partial charge < -0.3 is 10.4 Å². The van der Waals surface area contributed by atoms with E-state index in [2.05, 4.69) is 5.32 Å². The third-order valence-electron chi connectivity index (χ3n) is 2.61. The molecule has 0 spiro atoms. The van der Waals surface area contributed by atoms with Gasteiger partial charge in [-0.25, -0.2) is 0 Å². The van der Waals surface area contributed by atoms with E-state index in [9.17, 15) is 14.9 Å². The molecule has 0 saturated heterocycles. The summed E-state index contributed by atoms with van der Waals surface area (Å²) in [5.74, 6) is -0.343. The number of nitro groups is 1. The van der Waals surface area contributed by atoms with E-state index in [-0.39, 0.29) is 30.4 Å². The van der Waals surface area contributed by atoms with Crippen LogP contribution in [-0.4, -0.2) is 47.1 Å². The average Bonchev–Trinajstić information content (AvgIpc) is 2.38. The van der Waals surface area contributed by atoms with Gasteiger partial charge in [0.1, 0.15) is 5.69 Å². The van der Waals surface area contributed by atoms with Crippen LogP contribution >= 0.6 is 0 Å². The van der Waals surface area contributed by atoms with Gasteiger partial charge in [-0.2, -0.15) is 0 Å². The van der Waals surface area contributed by atoms with Crippen molar-refractivity contribution >= 4 is 17.3 Å². The van der Waals surface area contributed by atoms with E-state index in [1.807, 2.05) is 6.92 Å². The summed E-state index contributed by atoms with van der Waals surface area (Å²) in [4.78, 5) is 23.8. The Bertz CT molecular complexity index is 450. The van der Waals surface area contributed by atoms with Crippen LogP contribution in [0.2, 0.25) is 0 Å². The normalized spacial score (nSPS) is 10.5. The molecule has 7 heteroatoms. The number of hydrogen-bond acceptors (Lipinski definition) is 5. The van der Waals surface area contributed by atoms with Crippen molar-refractivity contribution in [3.05, 3.63) is 34.4 Å². The number of hydrogen-bond donors (Lipinski definition) is 2. The Kier molecular flexibility index (Phi) is 5.91. The van der Waals surface area contributed by atoms with Crippen molar-refractivity contribution in [1.82, 2.24) is 4.90 Å². The zero-order chi connectivity index (χ0) is 14.3. The molecule has 0 atom stereocenters. The van der Waals surface area contributed by atoms with Crippen molar-refractivity contribution in [2.45, 2.75) is 6.92 Å². The number of nitrogens with one attached hydrogen (secondary N) is 1. The zero-order valence-electron chi connectivity index (χ0n) is 10.7. The molecule has 104 valence electrons. The Morgan fingerprint density at radius 1 is 1.47 bits per heavy atom. The summed E-state index contributed by atoms with van der Waals surface area (Å²) in [6, 6.07) is 5.98. The number of aliphatic hydroxyl groups is 1. The van der Waals surface area contributed by atoms with E-state index in [0.29, 0.717) is 13.1 Å². The van der Waals surface area contributed by atoms with Gasteiger partial charge in [-0.1, -0.05) is 19.1 Å². The number of carbonyl (C=O) groups excluding carboxylic acids is 1. The van der Waals surface area contributed by atoms with E-state index in [1.165, 1.54) is 18.2 Å². The van der Waals surface area contributed by atoms with Gasteiger partial charge in [0, 0.05) is 12.6 Å². The van der Waals surface area contributed by atoms with Crippen molar-refractivity contribution < 1.29 is 14.8 Å². The molecule has 1 aromatic carbocycles. The Balaban J connectivity index is 2.69. The summed E-state index contributed by atoms with van der Waals surface area (Å²) >= 11 is 0. The van der Waals surface area contributed by atoms with Gasteiger partial charge in [0.2, 0.25) is 5.91 Å². The lowest BCUT2D eigenvalue weighted by molar-refractivity contribution is -0.383. The van der Waals surface area contributed by atoms with E-state index in [0.717, 1.165) is 0 Å². The number of para-hydroxylation sites is 2. The van der Waals surface area contributed by atoms with Crippen molar-refractivity contribution in [3.63, 3.8) is 0 Å².